The van der Waals surface area contributed by atoms with Crippen molar-refractivity contribution in [3.05, 3.63) is 35.3 Å². The second-order valence-electron chi connectivity index (χ2n) is 6.66. The second-order valence-corrected chi connectivity index (χ2v) is 9.32. The van der Waals surface area contributed by atoms with Crippen molar-refractivity contribution in [3.8, 4) is 11.1 Å². The van der Waals surface area contributed by atoms with Gasteiger partial charge < -0.3 is 4.90 Å². The maximum Gasteiger partial charge on any atom is 0.179 e. The molecule has 3 heterocycles. The van der Waals surface area contributed by atoms with Gasteiger partial charge >= 0.3 is 0 Å². The summed E-state index contributed by atoms with van der Waals surface area (Å²) >= 11 is 1.42. The summed E-state index contributed by atoms with van der Waals surface area (Å²) in [6.45, 7) is 1.12. The van der Waals surface area contributed by atoms with E-state index in [0.29, 0.717) is 10.9 Å². The quantitative estimate of drug-likeness (QED) is 0.855. The van der Waals surface area contributed by atoms with Crippen LogP contribution in [-0.2, 0) is 9.84 Å². The van der Waals surface area contributed by atoms with Crippen LogP contribution in [0.4, 0.5) is 0 Å². The minimum Gasteiger partial charge on any atom is -0.303 e. The van der Waals surface area contributed by atoms with Crippen molar-refractivity contribution in [2.24, 2.45) is 0 Å². The molecule has 6 heteroatoms. The van der Waals surface area contributed by atoms with Gasteiger partial charge in [0, 0.05) is 29.1 Å². The molecule has 2 aliphatic rings. The predicted molar refractivity (Wildman–Crippen MR) is 92.6 cm³/mol. The highest BCUT2D eigenvalue weighted by Crippen LogP contribution is 2.41. The maximum atomic E-state index is 12.5. The van der Waals surface area contributed by atoms with Crippen LogP contribution in [0.25, 0.3) is 11.1 Å². The Balaban J connectivity index is 1.71. The zero-order valence-electron chi connectivity index (χ0n) is 13.1. The summed E-state index contributed by atoms with van der Waals surface area (Å²) in [5.74, 6) is 0.380. The molecule has 1 fully saturated rings. The van der Waals surface area contributed by atoms with E-state index < -0.39 is 9.84 Å². The number of aromatic nitrogens is 1. The van der Waals surface area contributed by atoms with Crippen molar-refractivity contribution in [2.45, 2.75) is 36.1 Å². The molecule has 4 nitrogen and oxygen atoms in total. The molecule has 0 spiro atoms. The average molecular weight is 348 g/mol. The van der Waals surface area contributed by atoms with Gasteiger partial charge in [0.2, 0.25) is 0 Å². The molecule has 0 bridgehead atoms. The summed E-state index contributed by atoms with van der Waals surface area (Å²) in [6, 6.07) is 6.27. The van der Waals surface area contributed by atoms with E-state index in [2.05, 4.69) is 22.4 Å². The Labute approximate surface area is 141 Å². The van der Waals surface area contributed by atoms with E-state index in [1.54, 1.807) is 6.07 Å². The summed E-state index contributed by atoms with van der Waals surface area (Å²) in [4.78, 5) is 2.91. The van der Waals surface area contributed by atoms with E-state index in [9.17, 15) is 8.42 Å². The third-order valence-corrected chi connectivity index (χ3v) is 7.67. The van der Waals surface area contributed by atoms with Crippen LogP contribution >= 0.6 is 11.5 Å². The summed E-state index contributed by atoms with van der Waals surface area (Å²) < 4.78 is 29.1. The molecule has 2 aromatic rings. The zero-order chi connectivity index (χ0) is 16.0. The summed E-state index contributed by atoms with van der Waals surface area (Å²) in [7, 11) is -0.983. The van der Waals surface area contributed by atoms with Gasteiger partial charge in [0.25, 0.3) is 0 Å². The number of likely N-dealkylation sites (tertiary alicyclic amines) is 1. The van der Waals surface area contributed by atoms with E-state index in [1.807, 2.05) is 17.6 Å². The SMILES string of the molecule is CN1CCC[C@@H]1CC1CS(=O)(=O)c2ccc(-c3cnsc3)cc21. The number of nitrogens with zero attached hydrogens (tertiary/aromatic N) is 2. The number of rotatable bonds is 3. The number of benzene rings is 1. The lowest BCUT2D eigenvalue weighted by molar-refractivity contribution is 0.286. The molecule has 2 atom stereocenters. The standard InChI is InChI=1S/C17H20N2O2S2/c1-19-6-2-3-15(19)7-13-11-23(20,21)17-5-4-12(8-16(13)17)14-9-18-22-10-14/h4-5,8-10,13,15H,2-3,6-7,11H2,1H3/t13?,15-/m1/s1. The van der Waals surface area contributed by atoms with Gasteiger partial charge in [-0.1, -0.05) is 6.07 Å². The molecule has 0 amide bonds. The Hall–Kier alpha value is -1.24. The van der Waals surface area contributed by atoms with Crippen molar-refractivity contribution < 1.29 is 8.42 Å². The fourth-order valence-corrected chi connectivity index (χ4v) is 6.35. The zero-order valence-corrected chi connectivity index (χ0v) is 14.7. The highest BCUT2D eigenvalue weighted by molar-refractivity contribution is 7.91. The average Bonchev–Trinajstić information content (AvgIpc) is 3.22. The smallest absolute Gasteiger partial charge is 0.179 e. The van der Waals surface area contributed by atoms with Crippen molar-refractivity contribution in [1.82, 2.24) is 9.27 Å². The molecule has 122 valence electrons. The van der Waals surface area contributed by atoms with Gasteiger partial charge in [-0.2, -0.15) is 0 Å². The minimum absolute atomic E-state index is 0.118. The molecular weight excluding hydrogens is 328 g/mol. The number of sulfone groups is 1. The van der Waals surface area contributed by atoms with Gasteiger partial charge in [0.05, 0.1) is 10.6 Å². The Morgan fingerprint density at radius 3 is 2.91 bits per heavy atom. The van der Waals surface area contributed by atoms with Crippen LogP contribution < -0.4 is 0 Å². The maximum absolute atomic E-state index is 12.5. The molecule has 2 aliphatic heterocycles. The van der Waals surface area contributed by atoms with Crippen molar-refractivity contribution in [1.29, 1.82) is 0 Å². The molecule has 0 N–H and O–H groups in total. The molecule has 0 radical (unpaired) electrons. The first kappa shape index (κ1) is 15.3. The van der Waals surface area contributed by atoms with E-state index in [0.717, 1.165) is 29.7 Å². The van der Waals surface area contributed by atoms with Crippen LogP contribution in [0.3, 0.4) is 0 Å². The van der Waals surface area contributed by atoms with Gasteiger partial charge in [-0.3, -0.25) is 0 Å². The summed E-state index contributed by atoms with van der Waals surface area (Å²) in [5.41, 5.74) is 3.15. The van der Waals surface area contributed by atoms with Gasteiger partial charge in [-0.15, -0.1) is 0 Å². The number of hydrogen-bond donors (Lipinski definition) is 0. The molecule has 1 saturated heterocycles. The van der Waals surface area contributed by atoms with Crippen LogP contribution in [0.1, 0.15) is 30.7 Å². The third-order valence-electron chi connectivity index (χ3n) is 5.20. The van der Waals surface area contributed by atoms with Gasteiger partial charge in [-0.05, 0) is 67.6 Å². The molecule has 23 heavy (non-hydrogen) atoms. The van der Waals surface area contributed by atoms with Crippen LogP contribution in [0.15, 0.2) is 34.7 Å². The monoisotopic (exact) mass is 348 g/mol. The Kier molecular flexibility index (Phi) is 3.78. The van der Waals surface area contributed by atoms with Crippen LogP contribution in [-0.4, -0.2) is 43.1 Å². The molecule has 0 saturated carbocycles. The fourth-order valence-electron chi connectivity index (χ4n) is 3.92. The normalized spacial score (nSPS) is 26.5. The first-order valence-electron chi connectivity index (χ1n) is 8.01. The Bertz CT molecular complexity index is 815. The lowest BCUT2D eigenvalue weighted by Crippen LogP contribution is -2.27. The van der Waals surface area contributed by atoms with Crippen LogP contribution in [0.2, 0.25) is 0 Å². The lowest BCUT2D eigenvalue weighted by atomic mass is 9.91. The first-order valence-corrected chi connectivity index (χ1v) is 10.5. The van der Waals surface area contributed by atoms with Crippen molar-refractivity contribution in [3.63, 3.8) is 0 Å². The Morgan fingerprint density at radius 2 is 2.22 bits per heavy atom. The minimum atomic E-state index is -3.13. The summed E-state index contributed by atoms with van der Waals surface area (Å²) in [6.07, 6.45) is 5.17. The largest absolute Gasteiger partial charge is 0.303 e. The molecule has 4 rings (SSSR count). The topological polar surface area (TPSA) is 50.3 Å². The van der Waals surface area contributed by atoms with Crippen LogP contribution in [0.5, 0.6) is 0 Å². The second kappa shape index (κ2) is 5.69. The van der Waals surface area contributed by atoms with Gasteiger partial charge in [-0.25, -0.2) is 12.8 Å². The van der Waals surface area contributed by atoms with Gasteiger partial charge in [0.1, 0.15) is 0 Å². The van der Waals surface area contributed by atoms with Gasteiger partial charge in [0.15, 0.2) is 9.84 Å². The van der Waals surface area contributed by atoms with E-state index in [1.165, 1.54) is 24.4 Å². The first-order chi connectivity index (χ1) is 11.0. The highest BCUT2D eigenvalue weighted by atomic mass is 32.2. The highest BCUT2D eigenvalue weighted by Gasteiger charge is 2.37. The molecular formula is C17H20N2O2S2. The lowest BCUT2D eigenvalue weighted by Gasteiger charge is -2.22. The van der Waals surface area contributed by atoms with E-state index >= 15 is 0 Å². The van der Waals surface area contributed by atoms with Crippen LogP contribution in [0, 0.1) is 0 Å². The molecule has 1 unspecified atom stereocenters. The molecule has 0 aliphatic carbocycles. The fraction of sp³-hybridized carbons (Fsp3) is 0.471. The van der Waals surface area contributed by atoms with Crippen molar-refractivity contribution >= 4 is 21.4 Å². The number of fused-ring (bicyclic) bond motifs is 1. The third kappa shape index (κ3) is 2.73. The van der Waals surface area contributed by atoms with Crippen molar-refractivity contribution in [2.75, 3.05) is 19.3 Å². The predicted octanol–water partition coefficient (Wildman–Crippen LogP) is 3.17. The van der Waals surface area contributed by atoms with E-state index in [4.69, 9.17) is 0 Å². The van der Waals surface area contributed by atoms with E-state index in [-0.39, 0.29) is 11.7 Å². The molecule has 1 aromatic carbocycles. The molecule has 1 aromatic heterocycles. The Morgan fingerprint density at radius 1 is 1.35 bits per heavy atom. The summed E-state index contributed by atoms with van der Waals surface area (Å²) in [5, 5.41) is 2.00. The number of hydrogen-bond acceptors (Lipinski definition) is 5.